The van der Waals surface area contributed by atoms with Crippen LogP contribution in [0.3, 0.4) is 0 Å². The highest BCUT2D eigenvalue weighted by Gasteiger charge is 2.25. The molecule has 0 amide bonds. The summed E-state index contributed by atoms with van der Waals surface area (Å²) in [7, 11) is 4.28. The monoisotopic (exact) mass is 672 g/mol. The number of nitrogens with zero attached hydrogens (tertiary/aromatic N) is 2. The van der Waals surface area contributed by atoms with Gasteiger partial charge in [-0.3, -0.25) is 0 Å². The van der Waals surface area contributed by atoms with Gasteiger partial charge in [-0.25, -0.2) is 9.59 Å². The Morgan fingerprint density at radius 2 is 1.08 bits per heavy atom. The van der Waals surface area contributed by atoms with Gasteiger partial charge in [0.15, 0.2) is 0 Å². The van der Waals surface area contributed by atoms with Crippen LogP contribution in [0.25, 0.3) is 21.5 Å². The number of likely N-dealkylation sites (N-methyl/N-ethyl adjacent to an activating group) is 1. The van der Waals surface area contributed by atoms with E-state index in [0.717, 1.165) is 6.54 Å². The standard InChI is InChI=1S/C23H16O6.C17H20N2S/c24-20-16(14-7-3-1-5-12(14)9-18(20)22(26)27)11-17-15-8-4-2-6-13(15)10-19(21(17)25)23(28)29;1-13(18(2)3)12-19-14-8-4-6-10-16(14)20-17-11-7-5-9-15(17)19/h1-10,24-25H,11H2,(H,26,27)(H,28,29);4-11,13H,12H2,1-3H3. The zero-order chi connectivity index (χ0) is 34.8. The number of hydrogen-bond donors (Lipinski definition) is 4. The van der Waals surface area contributed by atoms with Crippen LogP contribution in [0.1, 0.15) is 38.8 Å². The first-order chi connectivity index (χ1) is 23.5. The maximum Gasteiger partial charge on any atom is 0.339 e. The van der Waals surface area contributed by atoms with Gasteiger partial charge in [-0.1, -0.05) is 84.6 Å². The third kappa shape index (κ3) is 6.63. The number of carbonyl (C=O) groups is 2. The average Bonchev–Trinajstić information content (AvgIpc) is 3.09. The molecule has 1 heterocycles. The van der Waals surface area contributed by atoms with Crippen LogP contribution in [-0.4, -0.2) is 63.9 Å². The molecule has 8 nitrogen and oxygen atoms in total. The molecule has 6 aromatic carbocycles. The fraction of sp³-hybridized carbons (Fsp3) is 0.150. The molecule has 0 aliphatic carbocycles. The molecule has 0 spiro atoms. The van der Waals surface area contributed by atoms with E-state index in [-0.39, 0.29) is 17.5 Å². The minimum absolute atomic E-state index is 0.0407. The molecule has 9 heteroatoms. The number of fused-ring (bicyclic) bond motifs is 4. The molecule has 1 aliphatic heterocycles. The van der Waals surface area contributed by atoms with E-state index in [1.54, 1.807) is 48.5 Å². The van der Waals surface area contributed by atoms with Crippen molar-refractivity contribution < 1.29 is 30.0 Å². The van der Waals surface area contributed by atoms with Gasteiger partial charge in [0.05, 0.1) is 11.4 Å². The summed E-state index contributed by atoms with van der Waals surface area (Å²) in [6.07, 6.45) is -0.0407. The number of carboxylic acid groups (broad SMARTS) is 2. The van der Waals surface area contributed by atoms with Crippen molar-refractivity contribution in [3.05, 3.63) is 131 Å². The number of aromatic hydroxyl groups is 2. The Morgan fingerprint density at radius 1 is 0.673 bits per heavy atom. The summed E-state index contributed by atoms with van der Waals surface area (Å²) in [6, 6.07) is 34.6. The lowest BCUT2D eigenvalue weighted by molar-refractivity contribution is 0.0682. The number of rotatable bonds is 7. The first kappa shape index (κ1) is 33.4. The maximum atomic E-state index is 11.6. The van der Waals surface area contributed by atoms with Crippen LogP contribution in [0.2, 0.25) is 0 Å². The van der Waals surface area contributed by atoms with Gasteiger partial charge >= 0.3 is 11.9 Å². The topological polar surface area (TPSA) is 122 Å². The molecule has 1 unspecified atom stereocenters. The summed E-state index contributed by atoms with van der Waals surface area (Å²) in [6.45, 7) is 3.27. The van der Waals surface area contributed by atoms with Gasteiger partial charge in [0.25, 0.3) is 0 Å². The second-order valence-electron chi connectivity index (χ2n) is 12.2. The Balaban J connectivity index is 0.000000182. The smallest absolute Gasteiger partial charge is 0.339 e. The Kier molecular flexibility index (Phi) is 9.49. The van der Waals surface area contributed by atoms with Crippen molar-refractivity contribution in [1.82, 2.24) is 4.90 Å². The SMILES string of the molecule is CC(CN1c2ccccc2Sc2ccccc21)N(C)C.O=C(O)c1cc2ccccc2c(Cc2c(O)c(C(=O)O)cc3ccccc23)c1O. The predicted octanol–water partition coefficient (Wildman–Crippen LogP) is 8.63. The van der Waals surface area contributed by atoms with Gasteiger partial charge in [0.1, 0.15) is 22.6 Å². The second kappa shape index (κ2) is 13.9. The number of benzene rings is 6. The summed E-state index contributed by atoms with van der Waals surface area (Å²) in [5.41, 5.74) is 2.76. The Bertz CT molecular complexity index is 2070. The fourth-order valence-corrected chi connectivity index (χ4v) is 7.19. The zero-order valence-corrected chi connectivity index (χ0v) is 28.1. The first-order valence-electron chi connectivity index (χ1n) is 15.8. The summed E-state index contributed by atoms with van der Waals surface area (Å²) < 4.78 is 0. The number of carboxylic acids is 2. The molecule has 1 atom stereocenters. The molecule has 0 saturated heterocycles. The normalized spacial score (nSPS) is 12.6. The molecular weight excluding hydrogens is 637 g/mol. The molecule has 6 aromatic rings. The zero-order valence-electron chi connectivity index (χ0n) is 27.3. The van der Waals surface area contributed by atoms with Crippen molar-refractivity contribution in [2.24, 2.45) is 0 Å². The quantitative estimate of drug-likeness (QED) is 0.132. The first-order valence-corrected chi connectivity index (χ1v) is 16.6. The van der Waals surface area contributed by atoms with Gasteiger partial charge < -0.3 is 30.2 Å². The Labute approximate surface area is 288 Å². The van der Waals surface area contributed by atoms with E-state index in [4.69, 9.17) is 0 Å². The van der Waals surface area contributed by atoms with Crippen LogP contribution < -0.4 is 4.90 Å². The van der Waals surface area contributed by atoms with Crippen molar-refractivity contribution >= 4 is 56.6 Å². The van der Waals surface area contributed by atoms with Gasteiger partial charge in [-0.05, 0) is 79.0 Å². The van der Waals surface area contributed by atoms with E-state index in [2.05, 4.69) is 79.3 Å². The average molecular weight is 673 g/mol. The lowest BCUT2D eigenvalue weighted by Crippen LogP contribution is -2.37. The van der Waals surface area contributed by atoms with Crippen LogP contribution in [0.15, 0.2) is 119 Å². The van der Waals surface area contributed by atoms with E-state index in [9.17, 15) is 30.0 Å². The van der Waals surface area contributed by atoms with Gasteiger partial charge in [0, 0.05) is 39.9 Å². The van der Waals surface area contributed by atoms with E-state index >= 15 is 0 Å². The van der Waals surface area contributed by atoms with Crippen molar-refractivity contribution in [2.45, 2.75) is 29.2 Å². The summed E-state index contributed by atoms with van der Waals surface area (Å²) in [4.78, 5) is 30.6. The predicted molar refractivity (Wildman–Crippen MR) is 195 cm³/mol. The largest absolute Gasteiger partial charge is 0.507 e. The summed E-state index contributed by atoms with van der Waals surface area (Å²) in [5, 5.41) is 42.8. The molecule has 7 rings (SSSR count). The van der Waals surface area contributed by atoms with Crippen LogP contribution in [0.5, 0.6) is 11.5 Å². The molecule has 0 saturated carbocycles. The number of aromatic carboxylic acids is 2. The van der Waals surface area contributed by atoms with Gasteiger partial charge in [-0.2, -0.15) is 0 Å². The molecule has 0 bridgehead atoms. The third-order valence-corrected chi connectivity index (χ3v) is 10.1. The van der Waals surface area contributed by atoms with Crippen LogP contribution in [0, 0.1) is 0 Å². The Hall–Kier alpha value is -5.51. The molecule has 49 heavy (non-hydrogen) atoms. The van der Waals surface area contributed by atoms with E-state index < -0.39 is 23.4 Å². The Morgan fingerprint density at radius 3 is 1.51 bits per heavy atom. The molecule has 1 aliphatic rings. The molecule has 248 valence electrons. The molecular formula is C40H36N2O6S. The van der Waals surface area contributed by atoms with Crippen molar-refractivity contribution in [3.63, 3.8) is 0 Å². The minimum atomic E-state index is -1.28. The molecule has 0 fully saturated rings. The maximum absolute atomic E-state index is 11.6. The van der Waals surface area contributed by atoms with Crippen LogP contribution in [-0.2, 0) is 6.42 Å². The number of para-hydroxylation sites is 2. The molecule has 0 aromatic heterocycles. The minimum Gasteiger partial charge on any atom is -0.507 e. The van der Waals surface area contributed by atoms with E-state index in [1.165, 1.54) is 33.3 Å². The van der Waals surface area contributed by atoms with Gasteiger partial charge in [-0.15, -0.1) is 0 Å². The van der Waals surface area contributed by atoms with Crippen LogP contribution in [0.4, 0.5) is 11.4 Å². The van der Waals surface area contributed by atoms with Gasteiger partial charge in [0.2, 0.25) is 0 Å². The van der Waals surface area contributed by atoms with Crippen LogP contribution >= 0.6 is 11.8 Å². The number of anilines is 2. The number of phenols is 2. The van der Waals surface area contributed by atoms with E-state index in [0.29, 0.717) is 38.7 Å². The molecule has 0 radical (unpaired) electrons. The fourth-order valence-electron chi connectivity index (χ4n) is 6.09. The summed E-state index contributed by atoms with van der Waals surface area (Å²) in [5.74, 6) is -3.36. The number of hydrogen-bond acceptors (Lipinski definition) is 7. The highest BCUT2D eigenvalue weighted by molar-refractivity contribution is 7.99. The van der Waals surface area contributed by atoms with Crippen molar-refractivity contribution in [2.75, 3.05) is 25.5 Å². The second-order valence-corrected chi connectivity index (χ2v) is 13.3. The summed E-state index contributed by atoms with van der Waals surface area (Å²) >= 11 is 1.87. The molecule has 4 N–H and O–H groups in total. The highest BCUT2D eigenvalue weighted by Crippen LogP contribution is 2.48. The van der Waals surface area contributed by atoms with Crippen molar-refractivity contribution in [3.8, 4) is 11.5 Å². The van der Waals surface area contributed by atoms with E-state index in [1.807, 2.05) is 11.8 Å². The lowest BCUT2D eigenvalue weighted by atomic mass is 9.90. The van der Waals surface area contributed by atoms with Crippen molar-refractivity contribution in [1.29, 1.82) is 0 Å². The third-order valence-electron chi connectivity index (χ3n) is 8.93. The lowest BCUT2D eigenvalue weighted by Gasteiger charge is -2.36. The highest BCUT2D eigenvalue weighted by atomic mass is 32.2.